The maximum Gasteiger partial charge on any atom is 0.222 e. The average Bonchev–Trinajstić information content (AvgIpc) is 2.40. The third-order valence-corrected chi connectivity index (χ3v) is 2.21. The van der Waals surface area contributed by atoms with Crippen molar-refractivity contribution in [1.29, 1.82) is 0 Å². The highest BCUT2D eigenvalue weighted by Gasteiger charge is 2.07. The van der Waals surface area contributed by atoms with Gasteiger partial charge in [0.2, 0.25) is 5.91 Å². The van der Waals surface area contributed by atoms with Crippen LogP contribution < -0.4 is 5.32 Å². The van der Waals surface area contributed by atoms with Crippen LogP contribution in [0.15, 0.2) is 12.3 Å². The number of hydrogen-bond donors (Lipinski definition) is 1. The normalized spacial score (nSPS) is 10.6. The van der Waals surface area contributed by atoms with Crippen LogP contribution in [0.2, 0.25) is 0 Å². The molecule has 14 heavy (non-hydrogen) atoms. The Hall–Kier alpha value is -1.25. The molecule has 0 atom stereocenters. The zero-order chi connectivity index (χ0) is 10.7. The van der Waals surface area contributed by atoms with Gasteiger partial charge in [-0.2, -0.15) is 0 Å². The molecule has 0 spiro atoms. The number of hydrogen-bond acceptors (Lipinski definition) is 1. The van der Waals surface area contributed by atoms with Crippen molar-refractivity contribution < 1.29 is 4.79 Å². The molecule has 78 valence electrons. The standard InChI is InChI=1S/C11H18N2O/c1-8(2)11(14)12-6-10-5-9(3)7-13(10)4/h5,7-8H,6H2,1-4H3,(H,12,14). The van der Waals surface area contributed by atoms with Crippen molar-refractivity contribution in [3.63, 3.8) is 0 Å². The number of carbonyl (C=O) groups is 1. The second-order valence-corrected chi connectivity index (χ2v) is 3.99. The fraction of sp³-hybridized carbons (Fsp3) is 0.545. The summed E-state index contributed by atoms with van der Waals surface area (Å²) in [5.74, 6) is 0.153. The van der Waals surface area contributed by atoms with Gasteiger partial charge in [-0.1, -0.05) is 13.8 Å². The Kier molecular flexibility index (Phi) is 3.33. The molecule has 1 rings (SSSR count). The summed E-state index contributed by atoms with van der Waals surface area (Å²) in [6.45, 7) is 6.45. The molecule has 0 bridgehead atoms. The average molecular weight is 194 g/mol. The molecule has 1 N–H and O–H groups in total. The number of amides is 1. The van der Waals surface area contributed by atoms with Crippen molar-refractivity contribution >= 4 is 5.91 Å². The SMILES string of the molecule is Cc1cc(CNC(=O)C(C)C)n(C)c1. The Morgan fingerprint density at radius 1 is 1.57 bits per heavy atom. The summed E-state index contributed by atoms with van der Waals surface area (Å²) in [5.41, 5.74) is 2.36. The van der Waals surface area contributed by atoms with E-state index in [0.717, 1.165) is 5.69 Å². The molecule has 3 nitrogen and oxygen atoms in total. The molecule has 0 aromatic carbocycles. The molecular formula is C11H18N2O. The van der Waals surface area contributed by atoms with Gasteiger partial charge < -0.3 is 9.88 Å². The number of aromatic nitrogens is 1. The number of rotatable bonds is 3. The first-order valence-electron chi connectivity index (χ1n) is 4.90. The van der Waals surface area contributed by atoms with Crippen LogP contribution in [-0.4, -0.2) is 10.5 Å². The molecular weight excluding hydrogens is 176 g/mol. The van der Waals surface area contributed by atoms with E-state index >= 15 is 0 Å². The van der Waals surface area contributed by atoms with Crippen LogP contribution in [0.5, 0.6) is 0 Å². The summed E-state index contributed by atoms with van der Waals surface area (Å²) < 4.78 is 2.04. The second kappa shape index (κ2) is 4.31. The smallest absolute Gasteiger partial charge is 0.222 e. The fourth-order valence-corrected chi connectivity index (χ4v) is 1.35. The number of aryl methyl sites for hydroxylation is 2. The second-order valence-electron chi connectivity index (χ2n) is 3.99. The topological polar surface area (TPSA) is 34.0 Å². The molecule has 0 saturated heterocycles. The molecule has 0 radical (unpaired) electrons. The van der Waals surface area contributed by atoms with Gasteiger partial charge in [0.25, 0.3) is 0 Å². The molecule has 0 aliphatic heterocycles. The molecule has 1 heterocycles. The van der Waals surface area contributed by atoms with Crippen LogP contribution in [0.25, 0.3) is 0 Å². The molecule has 1 amide bonds. The first kappa shape index (κ1) is 10.8. The summed E-state index contributed by atoms with van der Waals surface area (Å²) >= 11 is 0. The van der Waals surface area contributed by atoms with Crippen molar-refractivity contribution in [2.45, 2.75) is 27.3 Å². The summed E-state index contributed by atoms with van der Waals surface area (Å²) in [5, 5.41) is 2.89. The lowest BCUT2D eigenvalue weighted by Gasteiger charge is -2.07. The molecule has 1 aromatic rings. The van der Waals surface area contributed by atoms with Gasteiger partial charge in [-0.25, -0.2) is 0 Å². The van der Waals surface area contributed by atoms with Gasteiger partial charge in [-0.15, -0.1) is 0 Å². The Labute approximate surface area is 85.1 Å². The Bertz CT molecular complexity index is 326. The number of nitrogens with one attached hydrogen (secondary N) is 1. The third kappa shape index (κ3) is 2.62. The van der Waals surface area contributed by atoms with Crippen LogP contribution >= 0.6 is 0 Å². The largest absolute Gasteiger partial charge is 0.353 e. The monoisotopic (exact) mass is 194 g/mol. The van der Waals surface area contributed by atoms with Crippen molar-refractivity contribution in [1.82, 2.24) is 9.88 Å². The quantitative estimate of drug-likeness (QED) is 0.779. The lowest BCUT2D eigenvalue weighted by Crippen LogP contribution is -2.27. The van der Waals surface area contributed by atoms with E-state index < -0.39 is 0 Å². The van der Waals surface area contributed by atoms with Gasteiger partial charge >= 0.3 is 0 Å². The Morgan fingerprint density at radius 3 is 2.64 bits per heavy atom. The summed E-state index contributed by atoms with van der Waals surface area (Å²) in [6.07, 6.45) is 2.05. The van der Waals surface area contributed by atoms with Crippen LogP contribution in [0.4, 0.5) is 0 Å². The van der Waals surface area contributed by atoms with Crippen LogP contribution in [-0.2, 0) is 18.4 Å². The lowest BCUT2D eigenvalue weighted by atomic mass is 10.2. The van der Waals surface area contributed by atoms with Crippen molar-refractivity contribution in [2.75, 3.05) is 0 Å². The first-order chi connectivity index (χ1) is 6.50. The molecule has 0 unspecified atom stereocenters. The molecule has 0 saturated carbocycles. The zero-order valence-corrected chi connectivity index (χ0v) is 9.29. The Balaban J connectivity index is 2.54. The van der Waals surface area contributed by atoms with E-state index in [0.29, 0.717) is 6.54 Å². The van der Waals surface area contributed by atoms with Crippen LogP contribution in [0, 0.1) is 12.8 Å². The highest BCUT2D eigenvalue weighted by molar-refractivity contribution is 5.77. The van der Waals surface area contributed by atoms with Gasteiger partial charge in [0.05, 0.1) is 6.54 Å². The van der Waals surface area contributed by atoms with Gasteiger partial charge in [0, 0.05) is 24.9 Å². The van der Waals surface area contributed by atoms with E-state index in [9.17, 15) is 4.79 Å². The van der Waals surface area contributed by atoms with E-state index in [-0.39, 0.29) is 11.8 Å². The number of nitrogens with zero attached hydrogens (tertiary/aromatic N) is 1. The minimum atomic E-state index is 0.0522. The first-order valence-corrected chi connectivity index (χ1v) is 4.90. The van der Waals surface area contributed by atoms with E-state index in [1.807, 2.05) is 32.4 Å². The maximum atomic E-state index is 11.3. The summed E-state index contributed by atoms with van der Waals surface area (Å²) in [6, 6.07) is 2.08. The predicted octanol–water partition coefficient (Wildman–Crippen LogP) is 1.61. The molecule has 0 aliphatic carbocycles. The lowest BCUT2D eigenvalue weighted by molar-refractivity contribution is -0.124. The van der Waals surface area contributed by atoms with E-state index in [1.165, 1.54) is 5.56 Å². The van der Waals surface area contributed by atoms with Gasteiger partial charge in [0.15, 0.2) is 0 Å². The van der Waals surface area contributed by atoms with Gasteiger partial charge in [0.1, 0.15) is 0 Å². The fourth-order valence-electron chi connectivity index (χ4n) is 1.35. The molecule has 0 aliphatic rings. The molecule has 1 aromatic heterocycles. The zero-order valence-electron chi connectivity index (χ0n) is 9.29. The molecule has 0 fully saturated rings. The van der Waals surface area contributed by atoms with E-state index in [4.69, 9.17) is 0 Å². The van der Waals surface area contributed by atoms with Crippen molar-refractivity contribution in [3.8, 4) is 0 Å². The summed E-state index contributed by atoms with van der Waals surface area (Å²) in [4.78, 5) is 11.3. The molecule has 3 heteroatoms. The maximum absolute atomic E-state index is 11.3. The minimum Gasteiger partial charge on any atom is -0.353 e. The highest BCUT2D eigenvalue weighted by Crippen LogP contribution is 2.05. The third-order valence-electron chi connectivity index (χ3n) is 2.21. The van der Waals surface area contributed by atoms with Crippen LogP contribution in [0.3, 0.4) is 0 Å². The van der Waals surface area contributed by atoms with Gasteiger partial charge in [-0.3, -0.25) is 4.79 Å². The van der Waals surface area contributed by atoms with E-state index in [2.05, 4.69) is 17.6 Å². The number of carbonyl (C=O) groups excluding carboxylic acids is 1. The van der Waals surface area contributed by atoms with Crippen molar-refractivity contribution in [3.05, 3.63) is 23.5 Å². The van der Waals surface area contributed by atoms with Gasteiger partial charge in [-0.05, 0) is 18.6 Å². The highest BCUT2D eigenvalue weighted by atomic mass is 16.1. The van der Waals surface area contributed by atoms with Crippen LogP contribution in [0.1, 0.15) is 25.1 Å². The minimum absolute atomic E-state index is 0.0522. The predicted molar refractivity (Wildman–Crippen MR) is 56.8 cm³/mol. The van der Waals surface area contributed by atoms with E-state index in [1.54, 1.807) is 0 Å². The van der Waals surface area contributed by atoms with Crippen molar-refractivity contribution in [2.24, 2.45) is 13.0 Å². The Morgan fingerprint density at radius 2 is 2.21 bits per heavy atom. The summed E-state index contributed by atoms with van der Waals surface area (Å²) in [7, 11) is 1.99.